The molecule has 2 radical (unpaired) electrons. The summed E-state index contributed by atoms with van der Waals surface area (Å²) in [6.45, 7) is -2.33. The van der Waals surface area contributed by atoms with Crippen LogP contribution in [0.4, 0.5) is 0 Å². The van der Waals surface area contributed by atoms with E-state index in [1.165, 1.54) is 50.1 Å². The fourth-order valence-corrected chi connectivity index (χ4v) is 8.70. The zero-order chi connectivity index (χ0) is 57.4. The molecule has 0 saturated carbocycles. The van der Waals surface area contributed by atoms with Crippen LogP contribution >= 0.6 is 0 Å². The third-order valence-corrected chi connectivity index (χ3v) is 13.1. The second kappa shape index (κ2) is 31.5. The third-order valence-electron chi connectivity index (χ3n) is 12.0. The van der Waals surface area contributed by atoms with Crippen LogP contribution in [0.2, 0.25) is 0 Å². The molecule has 0 aliphatic carbocycles. The van der Waals surface area contributed by atoms with Crippen LogP contribution in [0.1, 0.15) is 62.7 Å². The zero-order valence-electron chi connectivity index (χ0n) is 43.2. The number of carboxylic acids is 7. The minimum atomic E-state index is -1.37. The standard InChI is InChI=1S/C56H62N3O19.Bi/c1-2-3-7-37-10-12-40(13-11-37)34-75-44-19-21-49(47(26-44)56(72)73)77-36-45(35-76-48-20-18-43(25-46(48)55(70)71)74-33-39-8-5-4-6-9-39)78-42-16-14-38(15-17-42)24-41(59(31-53(66)67)32-54(68)69)27-57(28-50(60)61)22-23-58(29-51(62)63)30-52(64)65;/h5-6,8-21,25-26,41,45H,2-3,7,22-24,27-36H2,1H3,(H,60,61)(H,62,63)(H,64,65)(H,66,67)(H,68,69)(H,70,71)(H,72,73);. The average molecular weight is 1290 g/mol. The molecule has 0 aliphatic rings. The topological polar surface area (TPSA) is 317 Å². The van der Waals surface area contributed by atoms with Gasteiger partial charge in [0.15, 0.2) is 6.10 Å². The van der Waals surface area contributed by atoms with Gasteiger partial charge in [0, 0.05) is 25.7 Å². The largest absolute Gasteiger partial charge is 0.483 e. The molecule has 0 aliphatic heterocycles. The van der Waals surface area contributed by atoms with E-state index in [0.717, 1.165) is 64.9 Å². The molecule has 7 N–H and O–H groups in total. The van der Waals surface area contributed by atoms with Gasteiger partial charge >= 0.3 is 167 Å². The number of benzene rings is 5. The van der Waals surface area contributed by atoms with E-state index in [1.807, 2.05) is 48.5 Å². The number of hydrogen-bond acceptors (Lipinski definition) is 15. The fourth-order valence-electron chi connectivity index (χ4n) is 8.12. The molecule has 23 heteroatoms. The number of aromatic carboxylic acids is 2. The molecular formula is C56H62BiN3O19. The van der Waals surface area contributed by atoms with Gasteiger partial charge in [-0.2, -0.15) is 0 Å². The molecule has 0 bridgehead atoms. The average Bonchev–Trinajstić information content (AvgIpc) is 3.40. The van der Waals surface area contributed by atoms with Crippen molar-refractivity contribution in [3.05, 3.63) is 143 Å². The van der Waals surface area contributed by atoms with Crippen LogP contribution in [0, 0.1) is 0 Å². The van der Waals surface area contributed by atoms with Crippen LogP contribution in [0.5, 0.6) is 28.7 Å². The summed E-state index contributed by atoms with van der Waals surface area (Å²) < 4.78 is 31.5. The van der Waals surface area contributed by atoms with E-state index in [1.54, 1.807) is 24.3 Å². The SMILES string of the molecule is CCCCc1ccc(COc2ccc(OCC(COc3ccc(OCc4cc[c]([Bi])cc4)cc3C(=O)O)Oc3ccc(CC(CN(CCN(CC(=O)O)CC(=O)O)CC(=O)O)N(CC(=O)O)CC(=O)O)cc3)c(C(=O)O)c2)cc1. The van der Waals surface area contributed by atoms with Gasteiger partial charge < -0.3 is 44.8 Å². The number of carboxylic acid groups (broad SMARTS) is 7. The molecule has 0 aromatic heterocycles. The molecule has 0 fully saturated rings. The van der Waals surface area contributed by atoms with Crippen molar-refractivity contribution in [1.29, 1.82) is 0 Å². The predicted molar refractivity (Wildman–Crippen MR) is 284 cm³/mol. The molecule has 22 nitrogen and oxygen atoms in total. The summed E-state index contributed by atoms with van der Waals surface area (Å²) in [7, 11) is 0. The van der Waals surface area contributed by atoms with Gasteiger partial charge in [-0.3, -0.25) is 38.7 Å². The van der Waals surface area contributed by atoms with Crippen molar-refractivity contribution in [2.45, 2.75) is 58.0 Å². The Morgan fingerprint density at radius 3 is 1.37 bits per heavy atom. The molecule has 5 rings (SSSR count). The van der Waals surface area contributed by atoms with Crippen molar-refractivity contribution in [2.75, 3.05) is 65.6 Å². The van der Waals surface area contributed by atoms with E-state index in [9.17, 15) is 69.3 Å². The van der Waals surface area contributed by atoms with E-state index < -0.39 is 86.7 Å². The molecule has 0 saturated heterocycles. The molecule has 2 atom stereocenters. The Labute approximate surface area is 470 Å². The third kappa shape index (κ3) is 22.2. The smallest absolute Gasteiger partial charge is 0.339 e. The maximum Gasteiger partial charge on any atom is 0.339 e. The summed E-state index contributed by atoms with van der Waals surface area (Å²) in [6, 6.07) is 29.6. The van der Waals surface area contributed by atoms with Crippen molar-refractivity contribution >= 4 is 69.8 Å². The van der Waals surface area contributed by atoms with Crippen molar-refractivity contribution in [2.24, 2.45) is 0 Å². The van der Waals surface area contributed by atoms with E-state index >= 15 is 0 Å². The van der Waals surface area contributed by atoms with Crippen LogP contribution in [0.3, 0.4) is 0 Å². The maximum absolute atomic E-state index is 12.6. The van der Waals surface area contributed by atoms with Crippen molar-refractivity contribution in [1.82, 2.24) is 14.7 Å². The van der Waals surface area contributed by atoms with Gasteiger partial charge in [-0.1, -0.05) is 49.7 Å². The van der Waals surface area contributed by atoms with Gasteiger partial charge in [0.2, 0.25) is 0 Å². The summed E-state index contributed by atoms with van der Waals surface area (Å²) in [4.78, 5) is 87.6. The minimum absolute atomic E-state index is 0.0428. The molecule has 420 valence electrons. The van der Waals surface area contributed by atoms with Crippen molar-refractivity contribution in [3.8, 4) is 28.7 Å². The van der Waals surface area contributed by atoms with Gasteiger partial charge in [-0.25, -0.2) is 4.79 Å². The van der Waals surface area contributed by atoms with E-state index in [0.29, 0.717) is 5.56 Å². The summed E-state index contributed by atoms with van der Waals surface area (Å²) >= 11 is 1.10. The first-order chi connectivity index (χ1) is 37.7. The second-order valence-electron chi connectivity index (χ2n) is 18.3. The molecule has 2 unspecified atom stereocenters. The van der Waals surface area contributed by atoms with E-state index in [4.69, 9.17) is 23.7 Å². The van der Waals surface area contributed by atoms with Gasteiger partial charge in [-0.05, 0) is 66.3 Å². The Morgan fingerprint density at radius 1 is 0.494 bits per heavy atom. The monoisotopic (exact) mass is 1290 g/mol. The number of nitrogens with zero attached hydrogens (tertiary/aromatic N) is 3. The second-order valence-corrected chi connectivity index (χ2v) is 20.3. The normalized spacial score (nSPS) is 11.9. The summed E-state index contributed by atoms with van der Waals surface area (Å²) in [5, 5.41) is 68.5. The Kier molecular flexibility index (Phi) is 24.7. The Bertz CT molecular complexity index is 2820. The van der Waals surface area contributed by atoms with Gasteiger partial charge in [0.25, 0.3) is 0 Å². The van der Waals surface area contributed by atoms with Gasteiger partial charge in [0.05, 0.1) is 32.7 Å². The van der Waals surface area contributed by atoms with Gasteiger partial charge in [-0.15, -0.1) is 0 Å². The number of hydrogen-bond donors (Lipinski definition) is 7. The molecular weight excluding hydrogens is 1230 g/mol. The molecule has 0 amide bonds. The number of unbranched alkanes of at least 4 members (excludes halogenated alkanes) is 1. The van der Waals surface area contributed by atoms with Crippen LogP contribution in [0.25, 0.3) is 0 Å². The zero-order valence-corrected chi connectivity index (χ0v) is 46.7. The summed E-state index contributed by atoms with van der Waals surface area (Å²) in [5.41, 5.74) is 3.03. The van der Waals surface area contributed by atoms with Crippen molar-refractivity contribution in [3.63, 3.8) is 0 Å². The molecule has 0 spiro atoms. The van der Waals surface area contributed by atoms with Gasteiger partial charge in [0.1, 0.15) is 36.0 Å². The quantitative estimate of drug-likeness (QED) is 0.0269. The number of aryl methyl sites for hydroxylation is 1. The first kappa shape index (κ1) is 62.0. The number of aliphatic carboxylic acids is 5. The Balaban J connectivity index is 1.39. The number of carbonyl (C=O) groups is 7. The van der Waals surface area contributed by atoms with E-state index in [-0.39, 0.29) is 92.4 Å². The summed E-state index contributed by atoms with van der Waals surface area (Å²) in [5.74, 6) is -8.67. The van der Waals surface area contributed by atoms with E-state index in [2.05, 4.69) is 6.92 Å². The van der Waals surface area contributed by atoms with Crippen molar-refractivity contribution < 1.29 is 93.0 Å². The Morgan fingerprint density at radius 2 is 0.911 bits per heavy atom. The predicted octanol–water partition coefficient (Wildman–Crippen LogP) is 4.52. The molecule has 79 heavy (non-hydrogen) atoms. The minimum Gasteiger partial charge on any atom is -0.483 e. The number of ether oxygens (including phenoxy) is 5. The molecule has 5 aromatic carbocycles. The van der Waals surface area contributed by atoms with Crippen LogP contribution in [0.15, 0.2) is 109 Å². The first-order valence-corrected chi connectivity index (χ1v) is 26.6. The van der Waals surface area contributed by atoms with Crippen LogP contribution in [-0.2, 0) is 50.0 Å². The first-order valence-electron chi connectivity index (χ1n) is 24.9. The molecule has 5 aromatic rings. The molecule has 0 heterocycles. The number of rotatable bonds is 37. The summed E-state index contributed by atoms with van der Waals surface area (Å²) in [6.07, 6.45) is 1.99. The van der Waals surface area contributed by atoms with Crippen LogP contribution in [-0.4, -0.2) is 195 Å². The fraction of sp³-hybridized carbons (Fsp3) is 0.339. The van der Waals surface area contributed by atoms with Crippen LogP contribution < -0.4 is 27.0 Å². The maximum atomic E-state index is 12.6. The Hall–Kier alpha value is -7.85.